The number of nitrogens with zero attached hydrogens (tertiary/aromatic N) is 1. The molecule has 4 heteroatoms. The Kier molecular flexibility index (Phi) is 7.32. The number of benzene rings is 2. The zero-order valence-electron chi connectivity index (χ0n) is 20.0. The van der Waals surface area contributed by atoms with Gasteiger partial charge in [0.1, 0.15) is 0 Å². The highest BCUT2D eigenvalue weighted by atomic mass is 16.5. The first kappa shape index (κ1) is 23.0. The van der Waals surface area contributed by atoms with Crippen molar-refractivity contribution in [3.8, 4) is 11.1 Å². The van der Waals surface area contributed by atoms with Gasteiger partial charge >= 0.3 is 0 Å². The third kappa shape index (κ3) is 5.24. The molecular weight excluding hydrogens is 396 g/mol. The molecule has 0 spiro atoms. The number of rotatable bonds is 6. The van der Waals surface area contributed by atoms with Crippen molar-refractivity contribution in [3.05, 3.63) is 59.2 Å². The number of likely N-dealkylation sites (tertiary alicyclic amines) is 1. The average molecular weight is 435 g/mol. The van der Waals surface area contributed by atoms with Crippen molar-refractivity contribution in [2.24, 2.45) is 11.3 Å². The molecule has 4 nitrogen and oxygen atoms in total. The second-order valence-electron chi connectivity index (χ2n) is 10.0. The van der Waals surface area contributed by atoms with Gasteiger partial charge in [0.05, 0.1) is 5.41 Å². The Bertz CT molecular complexity index is 925. The number of carbonyl (C=O) groups is 1. The Balaban J connectivity index is 1.55. The molecule has 2 heterocycles. The van der Waals surface area contributed by atoms with Crippen LogP contribution < -0.4 is 5.32 Å². The van der Waals surface area contributed by atoms with Crippen LogP contribution >= 0.6 is 0 Å². The topological polar surface area (TPSA) is 41.6 Å². The highest BCUT2D eigenvalue weighted by molar-refractivity contribution is 5.84. The van der Waals surface area contributed by atoms with Gasteiger partial charge in [0.15, 0.2) is 0 Å². The van der Waals surface area contributed by atoms with Crippen molar-refractivity contribution in [2.75, 3.05) is 39.9 Å². The van der Waals surface area contributed by atoms with Gasteiger partial charge in [-0.25, -0.2) is 0 Å². The maximum Gasteiger partial charge on any atom is 0.226 e. The lowest BCUT2D eigenvalue weighted by atomic mass is 9.73. The molecular formula is C28H38N2O2. The second-order valence-corrected chi connectivity index (χ2v) is 10.0. The molecule has 2 aromatic rings. The van der Waals surface area contributed by atoms with Crippen LogP contribution in [0.3, 0.4) is 0 Å². The summed E-state index contributed by atoms with van der Waals surface area (Å²) in [7, 11) is 2.18. The molecule has 0 aromatic heterocycles. The SMILES string of the molecule is Cc1ccc(-c2ccccc2CC2(C(=O)NCC3CCN(C)CC3)CCOCC2)c(C)c1. The summed E-state index contributed by atoms with van der Waals surface area (Å²) >= 11 is 0. The molecule has 2 aromatic carbocycles. The minimum Gasteiger partial charge on any atom is -0.381 e. The first-order valence-electron chi connectivity index (χ1n) is 12.2. The molecule has 0 radical (unpaired) electrons. The Morgan fingerprint density at radius 1 is 1.06 bits per heavy atom. The normalized spacial score (nSPS) is 19.6. The van der Waals surface area contributed by atoms with Crippen LogP contribution in [0.2, 0.25) is 0 Å². The zero-order chi connectivity index (χ0) is 22.6. The van der Waals surface area contributed by atoms with E-state index < -0.39 is 5.41 Å². The van der Waals surface area contributed by atoms with Gasteiger partial charge in [0.2, 0.25) is 5.91 Å². The second kappa shape index (κ2) is 10.2. The summed E-state index contributed by atoms with van der Waals surface area (Å²) in [5, 5.41) is 3.36. The predicted octanol–water partition coefficient (Wildman–Crippen LogP) is 4.77. The fourth-order valence-corrected chi connectivity index (χ4v) is 5.35. The van der Waals surface area contributed by atoms with Crippen LogP contribution in [0, 0.1) is 25.2 Å². The number of hydrogen-bond donors (Lipinski definition) is 1. The molecule has 1 N–H and O–H groups in total. The molecule has 0 saturated carbocycles. The Labute approximate surface area is 193 Å². The van der Waals surface area contributed by atoms with E-state index in [-0.39, 0.29) is 5.91 Å². The highest BCUT2D eigenvalue weighted by Crippen LogP contribution is 2.38. The van der Waals surface area contributed by atoms with Crippen molar-refractivity contribution in [2.45, 2.75) is 46.0 Å². The van der Waals surface area contributed by atoms with Crippen molar-refractivity contribution in [3.63, 3.8) is 0 Å². The molecule has 1 amide bonds. The van der Waals surface area contributed by atoms with E-state index in [2.05, 4.69) is 73.6 Å². The Morgan fingerprint density at radius 2 is 1.78 bits per heavy atom. The summed E-state index contributed by atoms with van der Waals surface area (Å²) in [5.74, 6) is 0.810. The lowest BCUT2D eigenvalue weighted by Gasteiger charge is -2.37. The van der Waals surface area contributed by atoms with Gasteiger partial charge in [-0.3, -0.25) is 4.79 Å². The minimum absolute atomic E-state index is 0.218. The van der Waals surface area contributed by atoms with Gasteiger partial charge in [-0.15, -0.1) is 0 Å². The van der Waals surface area contributed by atoms with Crippen LogP contribution in [0.25, 0.3) is 11.1 Å². The number of hydrogen-bond acceptors (Lipinski definition) is 3. The fourth-order valence-electron chi connectivity index (χ4n) is 5.35. The molecule has 32 heavy (non-hydrogen) atoms. The fraction of sp³-hybridized carbons (Fsp3) is 0.536. The maximum atomic E-state index is 13.6. The molecule has 0 atom stereocenters. The minimum atomic E-state index is -0.390. The van der Waals surface area contributed by atoms with Crippen LogP contribution in [0.1, 0.15) is 42.4 Å². The summed E-state index contributed by atoms with van der Waals surface area (Å²) in [6.45, 7) is 8.69. The monoisotopic (exact) mass is 434 g/mol. The number of nitrogens with one attached hydrogen (secondary N) is 1. The number of carbonyl (C=O) groups excluding carboxylic acids is 1. The molecule has 2 fully saturated rings. The molecule has 172 valence electrons. The van der Waals surface area contributed by atoms with E-state index in [9.17, 15) is 4.79 Å². The summed E-state index contributed by atoms with van der Waals surface area (Å²) in [5.41, 5.74) is 5.94. The maximum absolute atomic E-state index is 13.6. The largest absolute Gasteiger partial charge is 0.381 e. The lowest BCUT2D eigenvalue weighted by Crippen LogP contribution is -2.48. The standard InChI is InChI=1S/C28H38N2O2/c1-21-8-9-25(22(2)18-21)26-7-5-4-6-24(26)19-28(12-16-32-17-13-28)27(31)29-20-23-10-14-30(3)15-11-23/h4-9,18,23H,10-17,19-20H2,1-3H3,(H,29,31). The van der Waals surface area contributed by atoms with Crippen LogP contribution in [0.4, 0.5) is 0 Å². The Hall–Kier alpha value is -2.17. The third-order valence-corrected chi connectivity index (χ3v) is 7.54. The van der Waals surface area contributed by atoms with Crippen LogP contribution in [-0.4, -0.2) is 50.7 Å². The summed E-state index contributed by atoms with van der Waals surface area (Å²) < 4.78 is 5.68. The average Bonchev–Trinajstić information content (AvgIpc) is 2.80. The van der Waals surface area contributed by atoms with Gasteiger partial charge in [-0.1, -0.05) is 48.0 Å². The number of amides is 1. The lowest BCUT2D eigenvalue weighted by molar-refractivity contribution is -0.137. The van der Waals surface area contributed by atoms with E-state index in [1.54, 1.807) is 0 Å². The van der Waals surface area contributed by atoms with E-state index in [0.29, 0.717) is 19.1 Å². The summed E-state index contributed by atoms with van der Waals surface area (Å²) in [6, 6.07) is 15.3. The van der Waals surface area contributed by atoms with E-state index in [1.807, 2.05) is 0 Å². The van der Waals surface area contributed by atoms with Crippen LogP contribution in [0.15, 0.2) is 42.5 Å². The summed E-state index contributed by atoms with van der Waals surface area (Å²) in [4.78, 5) is 16.0. The highest BCUT2D eigenvalue weighted by Gasteiger charge is 2.40. The van der Waals surface area contributed by atoms with Crippen molar-refractivity contribution in [1.29, 1.82) is 0 Å². The molecule has 2 saturated heterocycles. The smallest absolute Gasteiger partial charge is 0.226 e. The first-order valence-corrected chi connectivity index (χ1v) is 12.2. The zero-order valence-corrected chi connectivity index (χ0v) is 20.0. The summed E-state index contributed by atoms with van der Waals surface area (Å²) in [6.07, 6.45) is 4.67. The number of ether oxygens (including phenoxy) is 1. The Morgan fingerprint density at radius 3 is 2.50 bits per heavy atom. The van der Waals surface area contributed by atoms with Crippen molar-refractivity contribution in [1.82, 2.24) is 10.2 Å². The van der Waals surface area contributed by atoms with Gasteiger partial charge < -0.3 is 15.0 Å². The quantitative estimate of drug-likeness (QED) is 0.712. The van der Waals surface area contributed by atoms with Crippen LogP contribution in [-0.2, 0) is 16.0 Å². The predicted molar refractivity (Wildman–Crippen MR) is 131 cm³/mol. The van der Waals surface area contributed by atoms with E-state index in [4.69, 9.17) is 4.74 Å². The molecule has 2 aliphatic rings. The number of piperidine rings is 1. The molecule has 4 rings (SSSR count). The van der Waals surface area contributed by atoms with E-state index in [1.165, 1.54) is 40.7 Å². The molecule has 2 aliphatic heterocycles. The molecule has 0 aliphatic carbocycles. The van der Waals surface area contributed by atoms with E-state index >= 15 is 0 Å². The van der Waals surface area contributed by atoms with Gasteiger partial charge in [-0.2, -0.15) is 0 Å². The molecule has 0 unspecified atom stereocenters. The van der Waals surface area contributed by atoms with Gasteiger partial charge in [-0.05, 0) is 94.3 Å². The van der Waals surface area contributed by atoms with Crippen molar-refractivity contribution >= 4 is 5.91 Å². The van der Waals surface area contributed by atoms with Crippen LogP contribution in [0.5, 0.6) is 0 Å². The van der Waals surface area contributed by atoms with Crippen molar-refractivity contribution < 1.29 is 9.53 Å². The van der Waals surface area contributed by atoms with E-state index in [0.717, 1.165) is 38.9 Å². The third-order valence-electron chi connectivity index (χ3n) is 7.54. The van der Waals surface area contributed by atoms with Gasteiger partial charge in [0.25, 0.3) is 0 Å². The van der Waals surface area contributed by atoms with Gasteiger partial charge in [0, 0.05) is 19.8 Å². The molecule has 0 bridgehead atoms. The number of aryl methyl sites for hydroxylation is 2. The first-order chi connectivity index (χ1) is 15.5.